The van der Waals surface area contributed by atoms with Crippen LogP contribution in [0.5, 0.6) is 0 Å². The maximum absolute atomic E-state index is 12.5. The van der Waals surface area contributed by atoms with Gasteiger partial charge in [0.05, 0.1) is 17.7 Å². The van der Waals surface area contributed by atoms with E-state index in [4.69, 9.17) is 0 Å². The van der Waals surface area contributed by atoms with Gasteiger partial charge in [-0.3, -0.25) is 4.79 Å². The van der Waals surface area contributed by atoms with E-state index >= 15 is 0 Å². The Bertz CT molecular complexity index is 843. The van der Waals surface area contributed by atoms with Crippen molar-refractivity contribution in [3.05, 3.63) is 59.8 Å². The van der Waals surface area contributed by atoms with Crippen molar-refractivity contribution < 1.29 is 4.79 Å². The molecule has 0 aliphatic carbocycles. The highest BCUT2D eigenvalue weighted by molar-refractivity contribution is 5.93. The summed E-state index contributed by atoms with van der Waals surface area (Å²) in [6.45, 7) is 7.84. The largest absolute Gasteiger partial charge is 0.325 e. The fourth-order valence-corrected chi connectivity index (χ4v) is 2.72. The molecular formula is C18H21N5O. The van der Waals surface area contributed by atoms with E-state index in [-0.39, 0.29) is 11.9 Å². The molecule has 1 amide bonds. The monoisotopic (exact) mass is 323 g/mol. The summed E-state index contributed by atoms with van der Waals surface area (Å²) in [5.74, 6) is 0.549. The average Bonchev–Trinajstić information content (AvgIpc) is 3.15. The number of nitrogens with zero attached hydrogens (tertiary/aromatic N) is 4. The Morgan fingerprint density at radius 3 is 2.46 bits per heavy atom. The number of anilines is 1. The SMILES string of the molecule is Cc1cc(C)cc(-n2nc(C)cc2NC(=O)[C@@H](C)n2ccnc2)c1. The Morgan fingerprint density at radius 1 is 1.12 bits per heavy atom. The summed E-state index contributed by atoms with van der Waals surface area (Å²) in [7, 11) is 0. The first-order chi connectivity index (χ1) is 11.4. The fourth-order valence-electron chi connectivity index (χ4n) is 2.72. The second kappa shape index (κ2) is 6.31. The maximum Gasteiger partial charge on any atom is 0.248 e. The van der Waals surface area contributed by atoms with Gasteiger partial charge < -0.3 is 9.88 Å². The molecule has 6 heteroatoms. The first-order valence-corrected chi connectivity index (χ1v) is 7.87. The zero-order valence-corrected chi connectivity index (χ0v) is 14.3. The first kappa shape index (κ1) is 16.0. The van der Waals surface area contributed by atoms with Crippen molar-refractivity contribution in [3.63, 3.8) is 0 Å². The predicted molar refractivity (Wildman–Crippen MR) is 93.3 cm³/mol. The van der Waals surface area contributed by atoms with Crippen molar-refractivity contribution in [2.45, 2.75) is 33.7 Å². The quantitative estimate of drug-likeness (QED) is 0.802. The van der Waals surface area contributed by atoms with Crippen LogP contribution in [0.1, 0.15) is 29.8 Å². The minimum atomic E-state index is -0.351. The van der Waals surface area contributed by atoms with Crippen LogP contribution in [0.3, 0.4) is 0 Å². The Kier molecular flexibility index (Phi) is 4.20. The number of amides is 1. The highest BCUT2D eigenvalue weighted by Crippen LogP contribution is 2.21. The molecule has 0 spiro atoms. The van der Waals surface area contributed by atoms with Crippen molar-refractivity contribution in [3.8, 4) is 5.69 Å². The van der Waals surface area contributed by atoms with Crippen molar-refractivity contribution in [2.75, 3.05) is 5.32 Å². The molecule has 1 N–H and O–H groups in total. The van der Waals surface area contributed by atoms with Crippen LogP contribution in [-0.4, -0.2) is 25.2 Å². The van der Waals surface area contributed by atoms with Crippen LogP contribution in [0.25, 0.3) is 5.69 Å². The number of carbonyl (C=O) groups excluding carboxylic acids is 1. The van der Waals surface area contributed by atoms with Crippen LogP contribution < -0.4 is 5.32 Å². The lowest BCUT2D eigenvalue weighted by atomic mass is 10.1. The maximum atomic E-state index is 12.5. The lowest BCUT2D eigenvalue weighted by Gasteiger charge is -2.15. The molecule has 1 aromatic carbocycles. The van der Waals surface area contributed by atoms with Crippen molar-refractivity contribution in [1.82, 2.24) is 19.3 Å². The zero-order valence-electron chi connectivity index (χ0n) is 14.3. The van der Waals surface area contributed by atoms with E-state index < -0.39 is 0 Å². The van der Waals surface area contributed by atoms with Gasteiger partial charge in [-0.1, -0.05) is 6.07 Å². The van der Waals surface area contributed by atoms with Gasteiger partial charge in [0.15, 0.2) is 0 Å². The molecule has 3 rings (SSSR count). The zero-order chi connectivity index (χ0) is 17.3. The summed E-state index contributed by atoms with van der Waals surface area (Å²) in [5, 5.41) is 7.49. The molecule has 0 saturated carbocycles. The summed E-state index contributed by atoms with van der Waals surface area (Å²) in [5.41, 5.74) is 4.09. The van der Waals surface area contributed by atoms with Crippen LogP contribution in [0.4, 0.5) is 5.82 Å². The number of imidazole rings is 1. The van der Waals surface area contributed by atoms with E-state index in [2.05, 4.69) is 21.5 Å². The van der Waals surface area contributed by atoms with Crippen molar-refractivity contribution in [2.24, 2.45) is 0 Å². The Morgan fingerprint density at radius 2 is 1.83 bits per heavy atom. The molecule has 0 fully saturated rings. The highest BCUT2D eigenvalue weighted by Gasteiger charge is 2.17. The molecule has 0 saturated heterocycles. The van der Waals surface area contributed by atoms with Gasteiger partial charge in [-0.2, -0.15) is 5.10 Å². The molecule has 0 unspecified atom stereocenters. The van der Waals surface area contributed by atoms with Gasteiger partial charge >= 0.3 is 0 Å². The summed E-state index contributed by atoms with van der Waals surface area (Å²) in [6, 6.07) is 7.73. The smallest absolute Gasteiger partial charge is 0.248 e. The topological polar surface area (TPSA) is 64.7 Å². The molecular weight excluding hydrogens is 302 g/mol. The number of hydrogen-bond donors (Lipinski definition) is 1. The molecule has 2 aromatic heterocycles. The number of hydrogen-bond acceptors (Lipinski definition) is 3. The molecule has 0 aliphatic rings. The third-order valence-corrected chi connectivity index (χ3v) is 3.89. The van der Waals surface area contributed by atoms with Gasteiger partial charge in [0, 0.05) is 18.5 Å². The van der Waals surface area contributed by atoms with Gasteiger partial charge in [0.25, 0.3) is 0 Å². The van der Waals surface area contributed by atoms with E-state index in [9.17, 15) is 4.79 Å². The van der Waals surface area contributed by atoms with Gasteiger partial charge in [-0.15, -0.1) is 0 Å². The fraction of sp³-hybridized carbons (Fsp3) is 0.278. The standard InChI is InChI=1S/C18H21N5O/c1-12-7-13(2)9-16(8-12)23-17(10-14(3)21-23)20-18(24)15(4)22-6-5-19-11-22/h5-11,15H,1-4H3,(H,20,24)/t15-/m1/s1. The molecule has 6 nitrogen and oxygen atoms in total. The van der Waals surface area contributed by atoms with E-state index in [1.807, 2.05) is 45.9 Å². The lowest BCUT2D eigenvalue weighted by molar-refractivity contribution is -0.118. The second-order valence-electron chi connectivity index (χ2n) is 6.10. The second-order valence-corrected chi connectivity index (χ2v) is 6.10. The number of benzene rings is 1. The highest BCUT2D eigenvalue weighted by atomic mass is 16.2. The van der Waals surface area contributed by atoms with Crippen molar-refractivity contribution in [1.29, 1.82) is 0 Å². The normalized spacial score (nSPS) is 12.2. The van der Waals surface area contributed by atoms with E-state index in [1.54, 1.807) is 28.0 Å². The number of aryl methyl sites for hydroxylation is 3. The molecule has 24 heavy (non-hydrogen) atoms. The van der Waals surface area contributed by atoms with Crippen LogP contribution in [0.2, 0.25) is 0 Å². The van der Waals surface area contributed by atoms with E-state index in [1.165, 1.54) is 0 Å². The van der Waals surface area contributed by atoms with Crippen LogP contribution in [0.15, 0.2) is 43.0 Å². The predicted octanol–water partition coefficient (Wildman–Crippen LogP) is 3.19. The van der Waals surface area contributed by atoms with Crippen LogP contribution in [-0.2, 0) is 4.79 Å². The summed E-state index contributed by atoms with van der Waals surface area (Å²) >= 11 is 0. The van der Waals surface area contributed by atoms with Gasteiger partial charge in [0.1, 0.15) is 11.9 Å². The van der Waals surface area contributed by atoms with Gasteiger partial charge in [-0.05, 0) is 51.0 Å². The summed E-state index contributed by atoms with van der Waals surface area (Å²) in [4.78, 5) is 16.5. The van der Waals surface area contributed by atoms with Crippen LogP contribution in [0, 0.1) is 20.8 Å². The minimum Gasteiger partial charge on any atom is -0.325 e. The molecule has 0 radical (unpaired) electrons. The minimum absolute atomic E-state index is 0.112. The van der Waals surface area contributed by atoms with Crippen LogP contribution >= 0.6 is 0 Å². The number of rotatable bonds is 4. The molecule has 2 heterocycles. The Hall–Kier alpha value is -2.89. The number of nitrogens with one attached hydrogen (secondary N) is 1. The Balaban J connectivity index is 1.90. The third kappa shape index (κ3) is 3.22. The molecule has 0 aliphatic heterocycles. The van der Waals surface area contributed by atoms with E-state index in [0.717, 1.165) is 22.5 Å². The van der Waals surface area contributed by atoms with Gasteiger partial charge in [0.2, 0.25) is 5.91 Å². The first-order valence-electron chi connectivity index (χ1n) is 7.87. The molecule has 3 aromatic rings. The lowest BCUT2D eigenvalue weighted by Crippen LogP contribution is -2.24. The Labute approximate surface area is 141 Å². The van der Waals surface area contributed by atoms with Gasteiger partial charge in [-0.25, -0.2) is 9.67 Å². The molecule has 1 atom stereocenters. The number of aromatic nitrogens is 4. The molecule has 124 valence electrons. The van der Waals surface area contributed by atoms with Crippen molar-refractivity contribution >= 4 is 11.7 Å². The van der Waals surface area contributed by atoms with E-state index in [0.29, 0.717) is 5.82 Å². The summed E-state index contributed by atoms with van der Waals surface area (Å²) in [6.07, 6.45) is 5.07. The third-order valence-electron chi connectivity index (χ3n) is 3.89. The number of carbonyl (C=O) groups is 1. The summed E-state index contributed by atoms with van der Waals surface area (Å²) < 4.78 is 3.54. The molecule has 0 bridgehead atoms. The average molecular weight is 323 g/mol.